The molecule has 2 aliphatic carbocycles. The SMILES string of the molecule is CC1(C)c2ccccc2-c2ccc(N(c3cccc(Cc4ccc5c(c4)c4cc6ccc7c(c6cc4n5-c4ccccc4)C(C)(C)c4ccccc4-7)c3)c3cccc(-c4ccccc4)c3)cc21. The third-order valence-electron chi connectivity index (χ3n) is 15.1. The number of para-hydroxylation sites is 1. The zero-order valence-electron chi connectivity index (χ0n) is 38.4. The molecule has 0 amide bonds. The van der Waals surface area contributed by atoms with Gasteiger partial charge in [-0.15, -0.1) is 0 Å². The maximum Gasteiger partial charge on any atom is 0.0547 e. The molecule has 0 saturated heterocycles. The first-order chi connectivity index (χ1) is 32.7. The molecule has 2 heteroatoms. The summed E-state index contributed by atoms with van der Waals surface area (Å²) in [6.07, 6.45) is 0.805. The smallest absolute Gasteiger partial charge is 0.0547 e. The Bertz CT molecular complexity index is 3780. The van der Waals surface area contributed by atoms with Crippen LogP contribution < -0.4 is 4.90 Å². The molecule has 0 spiro atoms. The molecular weight excluding hydrogens is 809 g/mol. The number of benzene rings is 10. The Kier molecular flexibility index (Phi) is 8.70. The number of hydrogen-bond acceptors (Lipinski definition) is 1. The molecule has 0 fully saturated rings. The molecule has 2 aliphatic rings. The quantitative estimate of drug-likeness (QED) is 0.155. The second-order valence-corrected chi connectivity index (χ2v) is 19.8. The Hall–Kier alpha value is -7.94. The second kappa shape index (κ2) is 14.8. The maximum absolute atomic E-state index is 2.48. The van der Waals surface area contributed by atoms with Crippen LogP contribution in [0.1, 0.15) is 61.1 Å². The Labute approximate surface area is 393 Å². The minimum atomic E-state index is -0.113. The van der Waals surface area contributed by atoms with E-state index in [1.165, 1.54) is 105 Å². The lowest BCUT2D eigenvalue weighted by Gasteiger charge is -2.29. The summed E-state index contributed by atoms with van der Waals surface area (Å²) in [5.74, 6) is 0. The molecule has 11 aromatic rings. The van der Waals surface area contributed by atoms with Crippen LogP contribution in [0, 0.1) is 0 Å². The fraction of sp³-hybridized carbons (Fsp3) is 0.108. The predicted octanol–water partition coefficient (Wildman–Crippen LogP) is 17.3. The summed E-state index contributed by atoms with van der Waals surface area (Å²) in [4.78, 5) is 2.45. The van der Waals surface area contributed by atoms with E-state index in [9.17, 15) is 0 Å². The molecule has 0 unspecified atom stereocenters. The van der Waals surface area contributed by atoms with Crippen molar-refractivity contribution in [2.75, 3.05) is 4.90 Å². The summed E-state index contributed by atoms with van der Waals surface area (Å²) in [6, 6.07) is 81.5. The van der Waals surface area contributed by atoms with Crippen molar-refractivity contribution < 1.29 is 0 Å². The largest absolute Gasteiger partial charge is 0.310 e. The van der Waals surface area contributed by atoms with Gasteiger partial charge in [0.05, 0.1) is 11.0 Å². The summed E-state index contributed by atoms with van der Waals surface area (Å²) in [6.45, 7) is 9.51. The van der Waals surface area contributed by atoms with Crippen molar-refractivity contribution >= 4 is 49.6 Å². The summed E-state index contributed by atoms with van der Waals surface area (Å²) < 4.78 is 2.47. The molecule has 0 saturated carbocycles. The van der Waals surface area contributed by atoms with Crippen LogP contribution in [0.15, 0.2) is 218 Å². The summed E-state index contributed by atoms with van der Waals surface area (Å²) in [5, 5.41) is 5.17. The van der Waals surface area contributed by atoms with E-state index in [0.29, 0.717) is 0 Å². The average Bonchev–Trinajstić information content (AvgIpc) is 3.90. The van der Waals surface area contributed by atoms with Gasteiger partial charge in [-0.2, -0.15) is 0 Å². The molecule has 1 aromatic heterocycles. The minimum absolute atomic E-state index is 0.103. The molecule has 67 heavy (non-hydrogen) atoms. The number of rotatable bonds is 7. The zero-order chi connectivity index (χ0) is 45.0. The van der Waals surface area contributed by atoms with Gasteiger partial charge in [0.15, 0.2) is 0 Å². The molecule has 320 valence electrons. The third kappa shape index (κ3) is 6.09. The summed E-state index contributed by atoms with van der Waals surface area (Å²) in [7, 11) is 0. The van der Waals surface area contributed by atoms with Crippen LogP contribution >= 0.6 is 0 Å². The van der Waals surface area contributed by atoms with Crippen molar-refractivity contribution in [3.8, 4) is 39.1 Å². The molecule has 0 bridgehead atoms. The van der Waals surface area contributed by atoms with E-state index < -0.39 is 0 Å². The van der Waals surface area contributed by atoms with Crippen molar-refractivity contribution in [2.24, 2.45) is 0 Å². The summed E-state index contributed by atoms with van der Waals surface area (Å²) >= 11 is 0. The monoisotopic (exact) mass is 858 g/mol. The van der Waals surface area contributed by atoms with Gasteiger partial charge in [0.25, 0.3) is 0 Å². The van der Waals surface area contributed by atoms with Crippen molar-refractivity contribution in [3.05, 3.63) is 252 Å². The lowest BCUT2D eigenvalue weighted by Crippen LogP contribution is -2.16. The lowest BCUT2D eigenvalue weighted by molar-refractivity contribution is 0.660. The van der Waals surface area contributed by atoms with Crippen LogP contribution in [0.4, 0.5) is 17.1 Å². The van der Waals surface area contributed by atoms with Gasteiger partial charge in [0, 0.05) is 44.4 Å². The van der Waals surface area contributed by atoms with Crippen molar-refractivity contribution in [3.63, 3.8) is 0 Å². The molecule has 10 aromatic carbocycles. The highest BCUT2D eigenvalue weighted by atomic mass is 15.1. The highest BCUT2D eigenvalue weighted by Crippen LogP contribution is 2.53. The standard InChI is InChI=1S/C65H50N2/c1-64(2)58-27-13-11-25-51(58)53-33-31-50(40-60(53)64)66(49-24-16-20-45(38-49)44-18-7-5-8-19-44)48-23-15-17-42(36-48)35-43-29-34-61-56(37-43)57-39-46-30-32-54-52-26-12-14-28-59(52)65(3,4)63(54)55(46)41-62(57)67(61)47-21-9-6-10-22-47/h5-34,36-41H,35H2,1-4H3. The first kappa shape index (κ1) is 39.4. The van der Waals surface area contributed by atoms with Crippen LogP contribution in [0.3, 0.4) is 0 Å². The maximum atomic E-state index is 2.48. The van der Waals surface area contributed by atoms with Crippen molar-refractivity contribution in [1.29, 1.82) is 0 Å². The van der Waals surface area contributed by atoms with Gasteiger partial charge < -0.3 is 9.47 Å². The Morgan fingerprint density at radius 2 is 0.970 bits per heavy atom. The van der Waals surface area contributed by atoms with E-state index in [0.717, 1.165) is 23.5 Å². The minimum Gasteiger partial charge on any atom is -0.310 e. The van der Waals surface area contributed by atoms with Gasteiger partial charge in [-0.05, 0) is 157 Å². The number of nitrogens with zero attached hydrogens (tertiary/aromatic N) is 2. The fourth-order valence-corrected chi connectivity index (χ4v) is 11.9. The van der Waals surface area contributed by atoms with Crippen LogP contribution in [-0.4, -0.2) is 4.57 Å². The van der Waals surface area contributed by atoms with Gasteiger partial charge in [-0.1, -0.05) is 173 Å². The van der Waals surface area contributed by atoms with Crippen LogP contribution in [0.25, 0.3) is 71.6 Å². The van der Waals surface area contributed by atoms with E-state index in [1.807, 2.05) is 0 Å². The van der Waals surface area contributed by atoms with Crippen molar-refractivity contribution in [2.45, 2.75) is 44.9 Å². The molecule has 0 N–H and O–H groups in total. The van der Waals surface area contributed by atoms with Gasteiger partial charge in [-0.25, -0.2) is 0 Å². The van der Waals surface area contributed by atoms with Gasteiger partial charge in [-0.3, -0.25) is 0 Å². The third-order valence-corrected chi connectivity index (χ3v) is 15.1. The fourth-order valence-electron chi connectivity index (χ4n) is 11.9. The number of hydrogen-bond donors (Lipinski definition) is 0. The molecule has 0 atom stereocenters. The number of fused-ring (bicyclic) bond motifs is 11. The molecular formula is C65H50N2. The molecule has 0 aliphatic heterocycles. The first-order valence-corrected chi connectivity index (χ1v) is 23.7. The predicted molar refractivity (Wildman–Crippen MR) is 283 cm³/mol. The summed E-state index contributed by atoms with van der Waals surface area (Å²) in [5.41, 5.74) is 22.8. The lowest BCUT2D eigenvalue weighted by atomic mass is 9.80. The number of aromatic nitrogens is 1. The van der Waals surface area contributed by atoms with Gasteiger partial charge in [0.1, 0.15) is 0 Å². The molecule has 2 nitrogen and oxygen atoms in total. The molecule has 1 heterocycles. The van der Waals surface area contributed by atoms with Crippen LogP contribution in [-0.2, 0) is 17.3 Å². The van der Waals surface area contributed by atoms with Crippen LogP contribution in [0.5, 0.6) is 0 Å². The average molecular weight is 859 g/mol. The van der Waals surface area contributed by atoms with Crippen LogP contribution in [0.2, 0.25) is 0 Å². The number of anilines is 3. The molecule has 13 rings (SSSR count). The van der Waals surface area contributed by atoms with E-state index in [2.05, 4.69) is 256 Å². The second-order valence-electron chi connectivity index (χ2n) is 19.8. The highest BCUT2D eigenvalue weighted by Gasteiger charge is 2.38. The van der Waals surface area contributed by atoms with Crippen molar-refractivity contribution in [1.82, 2.24) is 4.57 Å². The zero-order valence-corrected chi connectivity index (χ0v) is 38.4. The Balaban J connectivity index is 0.934. The van der Waals surface area contributed by atoms with E-state index in [1.54, 1.807) is 0 Å². The Morgan fingerprint density at radius 3 is 1.76 bits per heavy atom. The first-order valence-electron chi connectivity index (χ1n) is 23.7. The van der Waals surface area contributed by atoms with Gasteiger partial charge >= 0.3 is 0 Å². The van der Waals surface area contributed by atoms with Gasteiger partial charge in [0.2, 0.25) is 0 Å². The van der Waals surface area contributed by atoms with E-state index >= 15 is 0 Å². The molecule has 0 radical (unpaired) electrons. The topological polar surface area (TPSA) is 8.17 Å². The highest BCUT2D eigenvalue weighted by molar-refractivity contribution is 6.15. The normalized spacial score (nSPS) is 14.0. The Morgan fingerprint density at radius 1 is 0.373 bits per heavy atom. The van der Waals surface area contributed by atoms with E-state index in [4.69, 9.17) is 0 Å². The van der Waals surface area contributed by atoms with E-state index in [-0.39, 0.29) is 10.8 Å².